The lowest BCUT2D eigenvalue weighted by Gasteiger charge is -2.08. The van der Waals surface area contributed by atoms with Gasteiger partial charge >= 0.3 is 0 Å². The van der Waals surface area contributed by atoms with Crippen molar-refractivity contribution in [2.24, 2.45) is 0 Å². The van der Waals surface area contributed by atoms with Crippen LogP contribution in [-0.2, 0) is 11.3 Å². The van der Waals surface area contributed by atoms with Crippen molar-refractivity contribution >= 4 is 0 Å². The monoisotopic (exact) mass is 191 g/mol. The Kier molecular flexibility index (Phi) is 3.49. The van der Waals surface area contributed by atoms with Gasteiger partial charge in [-0.3, -0.25) is 0 Å². The minimum absolute atomic E-state index is 0.578. The van der Waals surface area contributed by atoms with E-state index in [1.807, 2.05) is 26.0 Å². The summed E-state index contributed by atoms with van der Waals surface area (Å²) < 4.78 is 9.90. The maximum atomic E-state index is 8.44. The highest BCUT2D eigenvalue weighted by Crippen LogP contribution is 2.24. The van der Waals surface area contributed by atoms with Crippen LogP contribution < -0.4 is 4.74 Å². The minimum atomic E-state index is 0.578. The summed E-state index contributed by atoms with van der Waals surface area (Å²) in [5, 5.41) is 8.44. The normalized spacial score (nSPS) is 9.57. The fraction of sp³-hybridized carbons (Fsp3) is 0.364. The lowest BCUT2D eigenvalue weighted by Crippen LogP contribution is -1.95. The fourth-order valence-corrected chi connectivity index (χ4v) is 1.50. The third-order valence-corrected chi connectivity index (χ3v) is 1.98. The number of aryl methyl sites for hydroxylation is 2. The lowest BCUT2D eigenvalue weighted by molar-refractivity contribution is 0.184. The van der Waals surface area contributed by atoms with Crippen molar-refractivity contribution in [3.05, 3.63) is 28.8 Å². The Morgan fingerprint density at radius 1 is 1.29 bits per heavy atom. The van der Waals surface area contributed by atoms with E-state index in [9.17, 15) is 0 Å². The van der Waals surface area contributed by atoms with Crippen LogP contribution in [0.3, 0.4) is 0 Å². The molecule has 0 aliphatic rings. The molecule has 0 N–H and O–H groups in total. The molecule has 1 aromatic carbocycles. The number of methoxy groups -OCH3 is 1. The van der Waals surface area contributed by atoms with E-state index < -0.39 is 0 Å². The van der Waals surface area contributed by atoms with Crippen molar-refractivity contribution in [3.8, 4) is 12.0 Å². The van der Waals surface area contributed by atoms with Gasteiger partial charge in [0.1, 0.15) is 5.75 Å². The number of hydrogen-bond acceptors (Lipinski definition) is 3. The summed E-state index contributed by atoms with van der Waals surface area (Å²) >= 11 is 0. The zero-order valence-corrected chi connectivity index (χ0v) is 8.63. The summed E-state index contributed by atoms with van der Waals surface area (Å²) in [5.41, 5.74) is 3.00. The van der Waals surface area contributed by atoms with Crippen LogP contribution in [-0.4, -0.2) is 7.11 Å². The van der Waals surface area contributed by atoms with Gasteiger partial charge in [-0.15, -0.1) is 5.26 Å². The first-order valence-corrected chi connectivity index (χ1v) is 4.34. The molecule has 14 heavy (non-hydrogen) atoms. The molecule has 0 amide bonds. The zero-order valence-electron chi connectivity index (χ0n) is 8.63. The minimum Gasteiger partial charge on any atom is -0.387 e. The molecule has 0 unspecified atom stereocenters. The molecule has 0 fully saturated rings. The van der Waals surface area contributed by atoms with E-state index in [0.717, 1.165) is 16.7 Å². The number of benzene rings is 1. The van der Waals surface area contributed by atoms with Gasteiger partial charge in [0.15, 0.2) is 0 Å². The quantitative estimate of drug-likeness (QED) is 0.688. The van der Waals surface area contributed by atoms with Crippen LogP contribution in [0.5, 0.6) is 5.75 Å². The molecule has 0 spiro atoms. The summed E-state index contributed by atoms with van der Waals surface area (Å²) in [6.07, 6.45) is 1.69. The van der Waals surface area contributed by atoms with Gasteiger partial charge < -0.3 is 9.47 Å². The van der Waals surface area contributed by atoms with Gasteiger partial charge in [0.2, 0.25) is 0 Å². The van der Waals surface area contributed by atoms with Crippen LogP contribution in [0.2, 0.25) is 0 Å². The van der Waals surface area contributed by atoms with Crippen molar-refractivity contribution in [2.45, 2.75) is 20.5 Å². The third kappa shape index (κ3) is 2.24. The second kappa shape index (κ2) is 4.64. The molecular formula is C11H13NO2. The fourth-order valence-electron chi connectivity index (χ4n) is 1.50. The summed E-state index contributed by atoms with van der Waals surface area (Å²) in [5.74, 6) is 0.646. The highest BCUT2D eigenvalue weighted by atomic mass is 16.5. The van der Waals surface area contributed by atoms with E-state index in [0.29, 0.717) is 12.4 Å². The maximum absolute atomic E-state index is 8.44. The summed E-state index contributed by atoms with van der Waals surface area (Å²) in [4.78, 5) is 0. The Labute approximate surface area is 83.9 Å². The molecule has 3 nitrogen and oxygen atoms in total. The van der Waals surface area contributed by atoms with E-state index in [-0.39, 0.29) is 0 Å². The van der Waals surface area contributed by atoms with Crippen molar-refractivity contribution in [1.82, 2.24) is 0 Å². The molecule has 1 rings (SSSR count). The van der Waals surface area contributed by atoms with Gasteiger partial charge in [0, 0.05) is 7.11 Å². The molecule has 0 saturated heterocycles. The van der Waals surface area contributed by atoms with Gasteiger partial charge in [-0.05, 0) is 30.5 Å². The largest absolute Gasteiger partial charge is 0.387 e. The number of hydrogen-bond donors (Lipinski definition) is 0. The molecule has 0 saturated carbocycles. The maximum Gasteiger partial charge on any atom is 0.292 e. The number of nitrogens with zero attached hydrogens (tertiary/aromatic N) is 1. The number of ether oxygens (including phenoxy) is 2. The second-order valence-electron chi connectivity index (χ2n) is 3.19. The Morgan fingerprint density at radius 2 is 1.86 bits per heavy atom. The zero-order chi connectivity index (χ0) is 10.6. The first kappa shape index (κ1) is 10.6. The molecule has 0 radical (unpaired) electrons. The highest BCUT2D eigenvalue weighted by Gasteiger charge is 2.06. The van der Waals surface area contributed by atoms with Crippen LogP contribution in [0.4, 0.5) is 0 Å². The summed E-state index contributed by atoms with van der Waals surface area (Å²) in [7, 11) is 1.66. The van der Waals surface area contributed by atoms with Crippen LogP contribution in [0.15, 0.2) is 12.1 Å². The van der Waals surface area contributed by atoms with Crippen LogP contribution in [0.1, 0.15) is 16.7 Å². The van der Waals surface area contributed by atoms with Crippen molar-refractivity contribution in [2.75, 3.05) is 7.11 Å². The van der Waals surface area contributed by atoms with Crippen molar-refractivity contribution in [1.29, 1.82) is 5.26 Å². The van der Waals surface area contributed by atoms with E-state index in [4.69, 9.17) is 14.7 Å². The lowest BCUT2D eigenvalue weighted by atomic mass is 10.1. The Morgan fingerprint density at radius 3 is 2.29 bits per heavy atom. The molecular weight excluding hydrogens is 178 g/mol. The average Bonchev–Trinajstić information content (AvgIpc) is 2.12. The van der Waals surface area contributed by atoms with Crippen molar-refractivity contribution in [3.63, 3.8) is 0 Å². The molecule has 3 heteroatoms. The predicted octanol–water partition coefficient (Wildman–Crippen LogP) is 2.31. The topological polar surface area (TPSA) is 42.2 Å². The first-order chi connectivity index (χ1) is 6.69. The Balaban J connectivity index is 3.06. The highest BCUT2D eigenvalue weighted by molar-refractivity contribution is 5.43. The molecule has 0 aromatic heterocycles. The average molecular weight is 191 g/mol. The molecule has 0 aliphatic carbocycles. The van der Waals surface area contributed by atoms with Crippen LogP contribution >= 0.6 is 0 Å². The van der Waals surface area contributed by atoms with E-state index in [1.165, 1.54) is 0 Å². The van der Waals surface area contributed by atoms with Gasteiger partial charge in [0.25, 0.3) is 6.26 Å². The smallest absolute Gasteiger partial charge is 0.292 e. The third-order valence-electron chi connectivity index (χ3n) is 1.98. The Bertz CT molecular complexity index is 343. The van der Waals surface area contributed by atoms with Crippen LogP contribution in [0.25, 0.3) is 0 Å². The van der Waals surface area contributed by atoms with Gasteiger partial charge in [0.05, 0.1) is 6.61 Å². The summed E-state index contributed by atoms with van der Waals surface area (Å²) in [6, 6.07) is 3.92. The molecule has 0 aliphatic heterocycles. The number of rotatable bonds is 3. The molecule has 0 heterocycles. The number of nitriles is 1. The van der Waals surface area contributed by atoms with Crippen LogP contribution in [0, 0.1) is 25.4 Å². The van der Waals surface area contributed by atoms with E-state index in [1.54, 1.807) is 13.4 Å². The molecule has 74 valence electrons. The van der Waals surface area contributed by atoms with E-state index in [2.05, 4.69) is 0 Å². The Hall–Kier alpha value is -1.53. The second-order valence-corrected chi connectivity index (χ2v) is 3.19. The van der Waals surface area contributed by atoms with Gasteiger partial charge in [-0.1, -0.05) is 12.1 Å². The standard InChI is InChI=1S/C11H13NO2/c1-8-4-10(6-13-3)5-9(2)11(8)14-7-12/h4-5H,6H2,1-3H3. The molecule has 0 bridgehead atoms. The SMILES string of the molecule is COCc1cc(C)c(OC#N)c(C)c1. The van der Waals surface area contributed by atoms with Crippen molar-refractivity contribution < 1.29 is 9.47 Å². The predicted molar refractivity (Wildman–Crippen MR) is 52.9 cm³/mol. The van der Waals surface area contributed by atoms with E-state index >= 15 is 0 Å². The van der Waals surface area contributed by atoms with Gasteiger partial charge in [-0.2, -0.15) is 0 Å². The summed E-state index contributed by atoms with van der Waals surface area (Å²) in [6.45, 7) is 4.41. The first-order valence-electron chi connectivity index (χ1n) is 4.34. The molecule has 1 aromatic rings. The molecule has 0 atom stereocenters. The van der Waals surface area contributed by atoms with Gasteiger partial charge in [-0.25, -0.2) is 0 Å².